The van der Waals surface area contributed by atoms with Crippen molar-refractivity contribution >= 4 is 90.9 Å². The van der Waals surface area contributed by atoms with Gasteiger partial charge in [-0.2, -0.15) is 0 Å². The molecule has 0 atom stereocenters. The first kappa shape index (κ1) is 35.6. The van der Waals surface area contributed by atoms with Crippen LogP contribution in [0.4, 0.5) is 17.1 Å². The number of benzene rings is 10. The fraction of sp³-hybridized carbons (Fsp3) is 0. The molecule has 3 heteroatoms. The molecule has 0 radical (unpaired) electrons. The first-order valence-electron chi connectivity index (χ1n) is 20.7. The number of thiophene rings is 2. The molecule has 10 aromatic carbocycles. The fourth-order valence-electron chi connectivity index (χ4n) is 9.19. The van der Waals surface area contributed by atoms with Gasteiger partial charge in [-0.3, -0.25) is 0 Å². The van der Waals surface area contributed by atoms with E-state index in [1.165, 1.54) is 95.6 Å². The van der Waals surface area contributed by atoms with Crippen LogP contribution in [0.15, 0.2) is 224 Å². The maximum atomic E-state index is 2.43. The van der Waals surface area contributed by atoms with E-state index < -0.39 is 0 Å². The van der Waals surface area contributed by atoms with Gasteiger partial charge in [-0.05, 0) is 110 Å². The third-order valence-corrected chi connectivity index (χ3v) is 14.5. The number of rotatable bonds is 7. The summed E-state index contributed by atoms with van der Waals surface area (Å²) in [5, 5.41) is 7.75. The second kappa shape index (κ2) is 14.8. The number of anilines is 3. The average molecular weight is 812 g/mol. The molecule has 0 aliphatic heterocycles. The minimum atomic E-state index is 1.10. The highest BCUT2D eigenvalue weighted by Crippen LogP contribution is 2.45. The van der Waals surface area contributed by atoms with Gasteiger partial charge in [0.05, 0.1) is 0 Å². The van der Waals surface area contributed by atoms with Crippen LogP contribution in [0.2, 0.25) is 0 Å². The standard InChI is InChI=1S/C58H37NS2/c1-2-24-47-38(14-1)15-11-27-48(47)42-19-9-22-45(36-42)59(46-23-10-20-43(37-46)50-29-13-31-54-52-26-4-6-33-56(52)61-58(50)54)44-21-8-17-40(35-44)39-16-7-18-41(34-39)49-28-12-30-53-51-25-3-5-32-55(51)60-57(49)53/h1-37H. The summed E-state index contributed by atoms with van der Waals surface area (Å²) < 4.78 is 5.29. The van der Waals surface area contributed by atoms with Crippen LogP contribution in [0, 0.1) is 0 Å². The van der Waals surface area contributed by atoms with Gasteiger partial charge in [-0.1, -0.05) is 170 Å². The fourth-order valence-corrected chi connectivity index (χ4v) is 11.7. The lowest BCUT2D eigenvalue weighted by Gasteiger charge is -2.27. The Morgan fingerprint density at radius 2 is 0.639 bits per heavy atom. The zero-order valence-corrected chi connectivity index (χ0v) is 34.8. The highest BCUT2D eigenvalue weighted by atomic mass is 32.1. The van der Waals surface area contributed by atoms with Gasteiger partial charge in [0, 0.05) is 57.4 Å². The Balaban J connectivity index is 1.01. The molecule has 0 aliphatic carbocycles. The zero-order valence-electron chi connectivity index (χ0n) is 33.1. The minimum absolute atomic E-state index is 1.10. The van der Waals surface area contributed by atoms with E-state index in [1.807, 2.05) is 22.7 Å². The van der Waals surface area contributed by atoms with Gasteiger partial charge >= 0.3 is 0 Å². The summed E-state index contributed by atoms with van der Waals surface area (Å²) in [5.74, 6) is 0. The van der Waals surface area contributed by atoms with Crippen molar-refractivity contribution in [3.8, 4) is 44.5 Å². The minimum Gasteiger partial charge on any atom is -0.310 e. The SMILES string of the molecule is c1cc(-c2cccc(N(c3cccc(-c4cccc5ccccc45)c3)c3cccc(-c4cccc5c4sc4ccccc45)c3)c2)cc(-c2cccc3c2sc2ccccc23)c1. The van der Waals surface area contributed by atoms with E-state index in [9.17, 15) is 0 Å². The van der Waals surface area contributed by atoms with Crippen molar-refractivity contribution < 1.29 is 0 Å². The van der Waals surface area contributed by atoms with Crippen molar-refractivity contribution in [1.29, 1.82) is 0 Å². The molecule has 0 saturated carbocycles. The lowest BCUT2D eigenvalue weighted by molar-refractivity contribution is 1.28. The molecule has 1 nitrogen and oxygen atoms in total. The predicted octanol–water partition coefficient (Wildman–Crippen LogP) is 17.7. The van der Waals surface area contributed by atoms with E-state index in [1.54, 1.807) is 0 Å². The Morgan fingerprint density at radius 1 is 0.262 bits per heavy atom. The third kappa shape index (κ3) is 6.21. The normalized spacial score (nSPS) is 11.6. The van der Waals surface area contributed by atoms with E-state index in [2.05, 4.69) is 229 Å². The first-order valence-corrected chi connectivity index (χ1v) is 22.4. The summed E-state index contributed by atoms with van der Waals surface area (Å²) in [7, 11) is 0. The van der Waals surface area contributed by atoms with Crippen LogP contribution in [-0.4, -0.2) is 0 Å². The van der Waals surface area contributed by atoms with Crippen LogP contribution in [0.5, 0.6) is 0 Å². The molecular formula is C58H37NS2. The van der Waals surface area contributed by atoms with Gasteiger partial charge in [0.1, 0.15) is 0 Å². The monoisotopic (exact) mass is 811 g/mol. The van der Waals surface area contributed by atoms with Crippen LogP contribution >= 0.6 is 22.7 Å². The molecule has 61 heavy (non-hydrogen) atoms. The zero-order chi connectivity index (χ0) is 40.3. The van der Waals surface area contributed by atoms with Crippen LogP contribution < -0.4 is 4.90 Å². The van der Waals surface area contributed by atoms with Crippen molar-refractivity contribution in [2.24, 2.45) is 0 Å². The predicted molar refractivity (Wildman–Crippen MR) is 266 cm³/mol. The van der Waals surface area contributed by atoms with Crippen molar-refractivity contribution in [1.82, 2.24) is 0 Å². The van der Waals surface area contributed by atoms with Gasteiger partial charge in [0.2, 0.25) is 0 Å². The summed E-state index contributed by atoms with van der Waals surface area (Å²) in [5.41, 5.74) is 13.0. The maximum absolute atomic E-state index is 2.43. The molecule has 0 unspecified atom stereocenters. The third-order valence-electron chi connectivity index (χ3n) is 12.0. The smallest absolute Gasteiger partial charge is 0.0467 e. The van der Waals surface area contributed by atoms with Gasteiger partial charge < -0.3 is 4.90 Å². The first-order chi connectivity index (χ1) is 30.2. The largest absolute Gasteiger partial charge is 0.310 e. The summed E-state index contributed by atoms with van der Waals surface area (Å²) in [4.78, 5) is 2.43. The Hall–Kier alpha value is -7.30. The van der Waals surface area contributed by atoms with Crippen molar-refractivity contribution in [3.05, 3.63) is 224 Å². The lowest BCUT2D eigenvalue weighted by atomic mass is 9.96. The molecule has 286 valence electrons. The molecule has 12 rings (SSSR count). The Morgan fingerprint density at radius 3 is 1.25 bits per heavy atom. The number of fused-ring (bicyclic) bond motifs is 7. The highest BCUT2D eigenvalue weighted by molar-refractivity contribution is 7.26. The van der Waals surface area contributed by atoms with Gasteiger partial charge in [0.25, 0.3) is 0 Å². The maximum Gasteiger partial charge on any atom is 0.0467 e. The summed E-state index contributed by atoms with van der Waals surface area (Å²) >= 11 is 3.76. The van der Waals surface area contributed by atoms with Crippen molar-refractivity contribution in [2.75, 3.05) is 4.90 Å². The quantitative estimate of drug-likeness (QED) is 0.155. The van der Waals surface area contributed by atoms with Crippen LogP contribution in [0.25, 0.3) is 95.6 Å². The summed E-state index contributed by atoms with van der Waals surface area (Å²) in [6, 6.07) is 82.4. The molecule has 0 bridgehead atoms. The Kier molecular flexibility index (Phi) is 8.62. The lowest BCUT2D eigenvalue weighted by Crippen LogP contribution is -2.10. The van der Waals surface area contributed by atoms with Crippen molar-refractivity contribution in [2.45, 2.75) is 0 Å². The van der Waals surface area contributed by atoms with Crippen molar-refractivity contribution in [3.63, 3.8) is 0 Å². The van der Waals surface area contributed by atoms with E-state index >= 15 is 0 Å². The molecule has 2 heterocycles. The average Bonchev–Trinajstić information content (AvgIpc) is 3.91. The summed E-state index contributed by atoms with van der Waals surface area (Å²) in [6.45, 7) is 0. The summed E-state index contributed by atoms with van der Waals surface area (Å²) in [6.07, 6.45) is 0. The molecule has 12 aromatic rings. The van der Waals surface area contributed by atoms with E-state index in [4.69, 9.17) is 0 Å². The number of nitrogens with zero attached hydrogens (tertiary/aromatic N) is 1. The second-order valence-corrected chi connectivity index (χ2v) is 17.8. The number of hydrogen-bond acceptors (Lipinski definition) is 3. The number of hydrogen-bond donors (Lipinski definition) is 0. The topological polar surface area (TPSA) is 3.24 Å². The highest BCUT2D eigenvalue weighted by Gasteiger charge is 2.18. The Bertz CT molecular complexity index is 3620. The van der Waals surface area contributed by atoms with E-state index in [-0.39, 0.29) is 0 Å². The second-order valence-electron chi connectivity index (χ2n) is 15.7. The molecule has 0 fully saturated rings. The van der Waals surface area contributed by atoms with Gasteiger partial charge in [0.15, 0.2) is 0 Å². The van der Waals surface area contributed by atoms with Crippen LogP contribution in [0.1, 0.15) is 0 Å². The van der Waals surface area contributed by atoms with Gasteiger partial charge in [-0.25, -0.2) is 0 Å². The van der Waals surface area contributed by atoms with Crippen LogP contribution in [-0.2, 0) is 0 Å². The molecule has 0 aliphatic rings. The molecular weight excluding hydrogens is 775 g/mol. The van der Waals surface area contributed by atoms with E-state index in [0.717, 1.165) is 17.1 Å². The molecule has 0 amide bonds. The molecule has 0 N–H and O–H groups in total. The molecule has 2 aromatic heterocycles. The Labute approximate surface area is 362 Å². The molecule has 0 spiro atoms. The van der Waals surface area contributed by atoms with Crippen LogP contribution in [0.3, 0.4) is 0 Å². The van der Waals surface area contributed by atoms with Gasteiger partial charge in [-0.15, -0.1) is 22.7 Å². The van der Waals surface area contributed by atoms with E-state index in [0.29, 0.717) is 0 Å². The molecule has 0 saturated heterocycles.